The van der Waals surface area contributed by atoms with Crippen LogP contribution in [0.25, 0.3) is 0 Å². The lowest BCUT2D eigenvalue weighted by Crippen LogP contribution is -2.23. The van der Waals surface area contributed by atoms with Crippen LogP contribution in [0.3, 0.4) is 0 Å². The van der Waals surface area contributed by atoms with Crippen molar-refractivity contribution in [2.45, 2.75) is 45.6 Å². The predicted octanol–water partition coefficient (Wildman–Crippen LogP) is 1.91. The first kappa shape index (κ1) is 14.2. The zero-order chi connectivity index (χ0) is 13.0. The molecule has 0 saturated heterocycles. The molecule has 5 heteroatoms. The Bertz CT molecular complexity index is 401. The predicted molar refractivity (Wildman–Crippen MR) is 67.2 cm³/mol. The van der Waals surface area contributed by atoms with Crippen LogP contribution in [-0.4, -0.2) is 26.8 Å². The Morgan fingerprint density at radius 1 is 1.53 bits per heavy atom. The summed E-state index contributed by atoms with van der Waals surface area (Å²) in [4.78, 5) is 11.8. The number of Topliss-reactive ketones (excluding diaryl/α,β-unsaturated/α-hetero) is 1. The number of aliphatic hydroxyl groups excluding tert-OH is 1. The van der Waals surface area contributed by atoms with Gasteiger partial charge in [-0.15, -0.1) is 0 Å². The highest BCUT2D eigenvalue weighted by Gasteiger charge is 2.20. The fraction of sp³-hybridized carbons (Fsp3) is 0.667. The monoisotopic (exact) mass is 258 g/mol. The first-order valence-corrected chi connectivity index (χ1v) is 6.30. The molecule has 1 unspecified atom stereocenters. The number of hydrogen-bond acceptors (Lipinski definition) is 3. The van der Waals surface area contributed by atoms with E-state index in [-0.39, 0.29) is 12.2 Å². The number of aliphatic hydroxyl groups is 1. The minimum atomic E-state index is -0.893. The van der Waals surface area contributed by atoms with Gasteiger partial charge in [0.25, 0.3) is 0 Å². The van der Waals surface area contributed by atoms with Crippen molar-refractivity contribution in [2.24, 2.45) is 7.05 Å². The number of aromatic nitrogens is 2. The average molecular weight is 259 g/mol. The van der Waals surface area contributed by atoms with E-state index in [2.05, 4.69) is 5.10 Å². The van der Waals surface area contributed by atoms with Crippen LogP contribution in [0.5, 0.6) is 0 Å². The molecule has 0 aliphatic heterocycles. The second kappa shape index (κ2) is 6.17. The fourth-order valence-electron chi connectivity index (χ4n) is 1.73. The van der Waals surface area contributed by atoms with Crippen molar-refractivity contribution in [3.63, 3.8) is 0 Å². The standard InChI is InChI=1S/C12H19ClN2O2/c1-4-6-10(16)11(17)7-9-12(13)8(5-2)14-15(9)3/h10,16H,4-7H2,1-3H3. The maximum atomic E-state index is 11.8. The molecule has 4 nitrogen and oxygen atoms in total. The zero-order valence-electron chi connectivity index (χ0n) is 10.5. The van der Waals surface area contributed by atoms with E-state index in [1.807, 2.05) is 13.8 Å². The van der Waals surface area contributed by atoms with E-state index >= 15 is 0 Å². The van der Waals surface area contributed by atoms with Crippen molar-refractivity contribution < 1.29 is 9.90 Å². The summed E-state index contributed by atoms with van der Waals surface area (Å²) in [5, 5.41) is 14.4. The van der Waals surface area contributed by atoms with Gasteiger partial charge in [-0.1, -0.05) is 31.9 Å². The molecule has 0 saturated carbocycles. The van der Waals surface area contributed by atoms with Crippen LogP contribution >= 0.6 is 11.6 Å². The third kappa shape index (κ3) is 3.30. The second-order valence-corrected chi connectivity index (χ2v) is 4.51. The maximum absolute atomic E-state index is 11.8. The van der Waals surface area contributed by atoms with Gasteiger partial charge in [0.2, 0.25) is 0 Å². The molecule has 1 heterocycles. The van der Waals surface area contributed by atoms with Crippen LogP contribution in [0.2, 0.25) is 5.02 Å². The third-order valence-corrected chi connectivity index (χ3v) is 3.21. The molecule has 1 N–H and O–H groups in total. The van der Waals surface area contributed by atoms with E-state index in [0.29, 0.717) is 17.1 Å². The lowest BCUT2D eigenvalue weighted by Gasteiger charge is -2.08. The highest BCUT2D eigenvalue weighted by molar-refractivity contribution is 6.32. The van der Waals surface area contributed by atoms with Crippen molar-refractivity contribution in [3.05, 3.63) is 16.4 Å². The summed E-state index contributed by atoms with van der Waals surface area (Å²) in [6.45, 7) is 3.90. The highest BCUT2D eigenvalue weighted by Crippen LogP contribution is 2.21. The summed E-state index contributed by atoms with van der Waals surface area (Å²) in [6.07, 6.45) is 1.26. The van der Waals surface area contributed by atoms with Gasteiger partial charge in [0.05, 0.1) is 22.8 Å². The summed E-state index contributed by atoms with van der Waals surface area (Å²) in [7, 11) is 1.76. The van der Waals surface area contributed by atoms with Crippen LogP contribution in [0, 0.1) is 0 Å². The maximum Gasteiger partial charge on any atom is 0.167 e. The van der Waals surface area contributed by atoms with Gasteiger partial charge in [-0.05, 0) is 12.8 Å². The number of nitrogens with zero attached hydrogens (tertiary/aromatic N) is 2. The van der Waals surface area contributed by atoms with Gasteiger partial charge in [0.1, 0.15) is 6.10 Å². The van der Waals surface area contributed by atoms with Crippen molar-refractivity contribution in [2.75, 3.05) is 0 Å². The Hall–Kier alpha value is -0.870. The normalized spacial score (nSPS) is 12.8. The number of aryl methyl sites for hydroxylation is 2. The molecule has 0 amide bonds. The first-order valence-electron chi connectivity index (χ1n) is 5.92. The van der Waals surface area contributed by atoms with Crippen LogP contribution in [0.15, 0.2) is 0 Å². The fourth-order valence-corrected chi connectivity index (χ4v) is 2.09. The minimum Gasteiger partial charge on any atom is -0.385 e. The number of ketones is 1. The van der Waals surface area contributed by atoms with Gasteiger partial charge < -0.3 is 5.11 Å². The van der Waals surface area contributed by atoms with E-state index in [9.17, 15) is 9.90 Å². The number of hydrogen-bond donors (Lipinski definition) is 1. The Kier molecular flexibility index (Phi) is 5.15. The largest absolute Gasteiger partial charge is 0.385 e. The number of carbonyl (C=O) groups excluding carboxylic acids is 1. The van der Waals surface area contributed by atoms with Gasteiger partial charge in [0.15, 0.2) is 5.78 Å². The van der Waals surface area contributed by atoms with E-state index in [1.54, 1.807) is 11.7 Å². The number of carbonyl (C=O) groups is 1. The number of rotatable bonds is 6. The third-order valence-electron chi connectivity index (χ3n) is 2.78. The van der Waals surface area contributed by atoms with Crippen molar-refractivity contribution in [3.8, 4) is 0 Å². The zero-order valence-corrected chi connectivity index (χ0v) is 11.3. The molecule has 0 aliphatic rings. The molecule has 96 valence electrons. The summed E-state index contributed by atoms with van der Waals surface area (Å²) in [5.41, 5.74) is 1.48. The van der Waals surface area contributed by atoms with E-state index in [4.69, 9.17) is 11.6 Å². The van der Waals surface area contributed by atoms with E-state index < -0.39 is 6.10 Å². The van der Waals surface area contributed by atoms with Crippen molar-refractivity contribution >= 4 is 17.4 Å². The lowest BCUT2D eigenvalue weighted by molar-refractivity contribution is -0.126. The lowest BCUT2D eigenvalue weighted by atomic mass is 10.1. The van der Waals surface area contributed by atoms with Gasteiger partial charge >= 0.3 is 0 Å². The molecule has 1 atom stereocenters. The van der Waals surface area contributed by atoms with Crippen molar-refractivity contribution in [1.29, 1.82) is 0 Å². The molecule has 0 fully saturated rings. The second-order valence-electron chi connectivity index (χ2n) is 4.13. The smallest absolute Gasteiger partial charge is 0.167 e. The summed E-state index contributed by atoms with van der Waals surface area (Å²) < 4.78 is 1.62. The average Bonchev–Trinajstić information content (AvgIpc) is 2.56. The molecule has 0 spiro atoms. The number of halogens is 1. The van der Waals surface area contributed by atoms with Gasteiger partial charge in [0, 0.05) is 7.05 Å². The van der Waals surface area contributed by atoms with Gasteiger partial charge in [-0.25, -0.2) is 0 Å². The Morgan fingerprint density at radius 2 is 2.18 bits per heavy atom. The quantitative estimate of drug-likeness (QED) is 0.848. The molecule has 0 bridgehead atoms. The van der Waals surface area contributed by atoms with E-state index in [1.165, 1.54) is 0 Å². The summed E-state index contributed by atoms with van der Waals surface area (Å²) in [6, 6.07) is 0. The van der Waals surface area contributed by atoms with Crippen LogP contribution in [0.1, 0.15) is 38.1 Å². The first-order chi connectivity index (χ1) is 8.01. The molecule has 17 heavy (non-hydrogen) atoms. The molecular weight excluding hydrogens is 240 g/mol. The minimum absolute atomic E-state index is 0.142. The van der Waals surface area contributed by atoms with Crippen molar-refractivity contribution in [1.82, 2.24) is 9.78 Å². The molecule has 0 radical (unpaired) electrons. The molecule has 0 aromatic carbocycles. The Morgan fingerprint density at radius 3 is 2.65 bits per heavy atom. The van der Waals surface area contributed by atoms with Crippen LogP contribution in [0.4, 0.5) is 0 Å². The van der Waals surface area contributed by atoms with Gasteiger partial charge in [-0.2, -0.15) is 5.10 Å². The topological polar surface area (TPSA) is 55.1 Å². The van der Waals surface area contributed by atoms with Crippen LogP contribution in [-0.2, 0) is 24.7 Å². The molecule has 1 rings (SSSR count). The molecule has 1 aromatic rings. The summed E-state index contributed by atoms with van der Waals surface area (Å²) >= 11 is 6.14. The van der Waals surface area contributed by atoms with E-state index in [0.717, 1.165) is 18.5 Å². The highest BCUT2D eigenvalue weighted by atomic mass is 35.5. The summed E-state index contributed by atoms with van der Waals surface area (Å²) in [5.74, 6) is -0.195. The Labute approximate surface area is 107 Å². The molecular formula is C12H19ClN2O2. The molecule has 0 aliphatic carbocycles. The molecule has 1 aromatic heterocycles. The Balaban J connectivity index is 2.81. The van der Waals surface area contributed by atoms with Gasteiger partial charge in [-0.3, -0.25) is 9.48 Å². The SMILES string of the molecule is CCCC(O)C(=O)Cc1c(Cl)c(CC)nn1C. The van der Waals surface area contributed by atoms with Crippen LogP contribution < -0.4 is 0 Å².